The maximum atomic E-state index is 13.3. The smallest absolute Gasteiger partial charge is 0.228 e. The molecule has 0 saturated carbocycles. The van der Waals surface area contributed by atoms with E-state index in [1.165, 1.54) is 12.1 Å². The van der Waals surface area contributed by atoms with E-state index in [4.69, 9.17) is 9.68 Å². The van der Waals surface area contributed by atoms with Crippen LogP contribution in [-0.2, 0) is 11.2 Å². The number of hydrogen-bond donors (Lipinski definition) is 1. The third-order valence-electron chi connectivity index (χ3n) is 3.53. The van der Waals surface area contributed by atoms with Crippen LogP contribution >= 0.6 is 0 Å². The van der Waals surface area contributed by atoms with Crippen LogP contribution in [0.2, 0.25) is 0 Å². The van der Waals surface area contributed by atoms with Crippen molar-refractivity contribution in [3.63, 3.8) is 0 Å². The van der Waals surface area contributed by atoms with E-state index in [9.17, 15) is 9.18 Å². The molecule has 23 heavy (non-hydrogen) atoms. The Kier molecular flexibility index (Phi) is 3.82. The van der Waals surface area contributed by atoms with Crippen molar-refractivity contribution in [3.8, 4) is 6.07 Å². The molecule has 1 aromatic heterocycles. The van der Waals surface area contributed by atoms with E-state index in [2.05, 4.69) is 5.32 Å². The van der Waals surface area contributed by atoms with E-state index in [1.807, 2.05) is 25.1 Å². The number of furan rings is 1. The van der Waals surface area contributed by atoms with Gasteiger partial charge in [-0.1, -0.05) is 12.1 Å². The van der Waals surface area contributed by atoms with Gasteiger partial charge in [0.1, 0.15) is 17.5 Å². The van der Waals surface area contributed by atoms with Crippen molar-refractivity contribution in [1.82, 2.24) is 0 Å². The molecule has 0 spiro atoms. The van der Waals surface area contributed by atoms with Crippen LogP contribution in [0.5, 0.6) is 0 Å². The maximum Gasteiger partial charge on any atom is 0.228 e. The Hall–Kier alpha value is -3.13. The highest BCUT2D eigenvalue weighted by atomic mass is 19.1. The molecule has 114 valence electrons. The molecular weight excluding hydrogens is 295 g/mol. The average molecular weight is 308 g/mol. The fourth-order valence-corrected chi connectivity index (χ4v) is 2.39. The van der Waals surface area contributed by atoms with Gasteiger partial charge in [-0.15, -0.1) is 0 Å². The van der Waals surface area contributed by atoms with Crippen molar-refractivity contribution >= 4 is 22.6 Å². The molecule has 0 bridgehead atoms. The number of carbonyl (C=O) groups is 1. The van der Waals surface area contributed by atoms with Gasteiger partial charge in [-0.25, -0.2) is 4.39 Å². The summed E-state index contributed by atoms with van der Waals surface area (Å²) < 4.78 is 18.7. The van der Waals surface area contributed by atoms with Crippen LogP contribution in [-0.4, -0.2) is 5.91 Å². The average Bonchev–Trinajstić information content (AvgIpc) is 2.91. The number of aryl methyl sites for hydroxylation is 1. The monoisotopic (exact) mass is 308 g/mol. The number of nitrogens with one attached hydrogen (secondary N) is 1. The molecule has 5 heteroatoms. The summed E-state index contributed by atoms with van der Waals surface area (Å²) >= 11 is 0. The SMILES string of the molecule is Cc1ccc2c(CC(=O)Nc3ccc(F)c(C#N)c3)coc2c1. The lowest BCUT2D eigenvalue weighted by Crippen LogP contribution is -2.14. The van der Waals surface area contributed by atoms with Gasteiger partial charge in [-0.3, -0.25) is 4.79 Å². The molecule has 0 atom stereocenters. The van der Waals surface area contributed by atoms with Gasteiger partial charge in [0, 0.05) is 16.6 Å². The van der Waals surface area contributed by atoms with E-state index in [-0.39, 0.29) is 17.9 Å². The van der Waals surface area contributed by atoms with Crippen molar-refractivity contribution in [2.24, 2.45) is 0 Å². The van der Waals surface area contributed by atoms with Crippen molar-refractivity contribution in [2.45, 2.75) is 13.3 Å². The van der Waals surface area contributed by atoms with Crippen LogP contribution in [0.25, 0.3) is 11.0 Å². The van der Waals surface area contributed by atoms with Crippen LogP contribution in [0.1, 0.15) is 16.7 Å². The number of nitriles is 1. The number of carbonyl (C=O) groups excluding carboxylic acids is 1. The summed E-state index contributed by atoms with van der Waals surface area (Å²) in [4.78, 5) is 12.1. The summed E-state index contributed by atoms with van der Waals surface area (Å²) in [6.07, 6.45) is 1.70. The Morgan fingerprint density at radius 2 is 2.13 bits per heavy atom. The van der Waals surface area contributed by atoms with Gasteiger partial charge in [0.15, 0.2) is 0 Å². The highest BCUT2D eigenvalue weighted by Gasteiger charge is 2.11. The van der Waals surface area contributed by atoms with E-state index >= 15 is 0 Å². The number of halogens is 1. The van der Waals surface area contributed by atoms with Gasteiger partial charge in [-0.05, 0) is 36.8 Å². The molecule has 0 unspecified atom stereocenters. The van der Waals surface area contributed by atoms with Crippen molar-refractivity contribution < 1.29 is 13.6 Å². The molecule has 0 radical (unpaired) electrons. The maximum absolute atomic E-state index is 13.3. The zero-order valence-electron chi connectivity index (χ0n) is 12.4. The van der Waals surface area contributed by atoms with Crippen molar-refractivity contribution in [2.75, 3.05) is 5.32 Å². The number of rotatable bonds is 3. The molecular formula is C18H13FN2O2. The summed E-state index contributed by atoms with van der Waals surface area (Å²) in [5.74, 6) is -0.870. The summed E-state index contributed by atoms with van der Waals surface area (Å²) in [6.45, 7) is 1.97. The van der Waals surface area contributed by atoms with E-state index < -0.39 is 5.82 Å². The largest absolute Gasteiger partial charge is 0.464 e. The molecule has 0 aliphatic carbocycles. The third kappa shape index (κ3) is 3.06. The van der Waals surface area contributed by atoms with Crippen LogP contribution in [0.15, 0.2) is 47.1 Å². The van der Waals surface area contributed by atoms with Gasteiger partial charge >= 0.3 is 0 Å². The van der Waals surface area contributed by atoms with Gasteiger partial charge in [0.05, 0.1) is 18.2 Å². The Labute approximate surface area is 132 Å². The quantitative estimate of drug-likeness (QED) is 0.797. The molecule has 1 N–H and O–H groups in total. The summed E-state index contributed by atoms with van der Waals surface area (Å²) in [5, 5.41) is 12.4. The van der Waals surface area contributed by atoms with E-state index in [0.29, 0.717) is 5.69 Å². The normalized spacial score (nSPS) is 10.5. The molecule has 1 amide bonds. The first kappa shape index (κ1) is 14.8. The second-order valence-corrected chi connectivity index (χ2v) is 5.29. The molecule has 3 rings (SSSR count). The standard InChI is InChI=1S/C18H13FN2O2/c1-11-2-4-15-13(10-23-17(15)6-11)8-18(22)21-14-3-5-16(19)12(7-14)9-20/h2-7,10H,8H2,1H3,(H,21,22). The second kappa shape index (κ2) is 5.93. The fraction of sp³-hybridized carbons (Fsp3) is 0.111. The van der Waals surface area contributed by atoms with Crippen LogP contribution in [0.4, 0.5) is 10.1 Å². The second-order valence-electron chi connectivity index (χ2n) is 5.29. The van der Waals surface area contributed by atoms with E-state index in [1.54, 1.807) is 12.3 Å². The van der Waals surface area contributed by atoms with Crippen LogP contribution < -0.4 is 5.32 Å². The number of anilines is 1. The van der Waals surface area contributed by atoms with Crippen LogP contribution in [0.3, 0.4) is 0 Å². The van der Waals surface area contributed by atoms with Crippen molar-refractivity contribution in [1.29, 1.82) is 5.26 Å². The van der Waals surface area contributed by atoms with Crippen LogP contribution in [0, 0.1) is 24.1 Å². The predicted molar refractivity (Wildman–Crippen MR) is 84.4 cm³/mol. The molecule has 0 aliphatic heterocycles. The Morgan fingerprint density at radius 1 is 1.30 bits per heavy atom. The topological polar surface area (TPSA) is 66.0 Å². The highest BCUT2D eigenvalue weighted by molar-refractivity contribution is 5.95. The Bertz CT molecular complexity index is 938. The minimum atomic E-state index is -0.610. The van der Waals surface area contributed by atoms with Gasteiger partial charge in [0.2, 0.25) is 5.91 Å². The summed E-state index contributed by atoms with van der Waals surface area (Å²) in [5.41, 5.74) is 2.88. The first-order valence-electron chi connectivity index (χ1n) is 7.03. The minimum Gasteiger partial charge on any atom is -0.464 e. The highest BCUT2D eigenvalue weighted by Crippen LogP contribution is 2.23. The molecule has 4 nitrogen and oxygen atoms in total. The van der Waals surface area contributed by atoms with Gasteiger partial charge in [-0.2, -0.15) is 5.26 Å². The molecule has 0 fully saturated rings. The number of fused-ring (bicyclic) bond motifs is 1. The Balaban J connectivity index is 1.78. The first-order valence-corrected chi connectivity index (χ1v) is 7.03. The van der Waals surface area contributed by atoms with Gasteiger partial charge < -0.3 is 9.73 Å². The number of amides is 1. The lowest BCUT2D eigenvalue weighted by molar-refractivity contribution is -0.115. The predicted octanol–water partition coefficient (Wildman–Crippen LogP) is 3.93. The number of benzene rings is 2. The first-order chi connectivity index (χ1) is 11.1. The summed E-state index contributed by atoms with van der Waals surface area (Å²) in [6, 6.07) is 11.4. The molecule has 3 aromatic rings. The minimum absolute atomic E-state index is 0.105. The third-order valence-corrected chi connectivity index (χ3v) is 3.53. The van der Waals surface area contributed by atoms with Crippen molar-refractivity contribution in [3.05, 3.63) is 65.2 Å². The Morgan fingerprint density at radius 3 is 2.91 bits per heavy atom. The van der Waals surface area contributed by atoms with E-state index in [0.717, 1.165) is 28.2 Å². The summed E-state index contributed by atoms with van der Waals surface area (Å²) in [7, 11) is 0. The number of hydrogen-bond acceptors (Lipinski definition) is 3. The molecule has 0 saturated heterocycles. The fourth-order valence-electron chi connectivity index (χ4n) is 2.39. The molecule has 1 heterocycles. The van der Waals surface area contributed by atoms with Gasteiger partial charge in [0.25, 0.3) is 0 Å². The zero-order chi connectivity index (χ0) is 16.4. The number of nitrogens with zero attached hydrogens (tertiary/aromatic N) is 1. The lowest BCUT2D eigenvalue weighted by atomic mass is 10.1. The molecule has 2 aromatic carbocycles. The zero-order valence-corrected chi connectivity index (χ0v) is 12.4. The lowest BCUT2D eigenvalue weighted by Gasteiger charge is -2.05. The molecule has 0 aliphatic rings.